The van der Waals surface area contributed by atoms with Crippen molar-refractivity contribution in [1.82, 2.24) is 0 Å². The van der Waals surface area contributed by atoms with E-state index in [0.29, 0.717) is 0 Å². The van der Waals surface area contributed by atoms with Gasteiger partial charge in [-0.1, -0.05) is 65.3 Å². The maximum Gasteiger partial charge on any atom is 2.00 e. The Bertz CT molecular complexity index is 361. The van der Waals surface area contributed by atoms with Crippen LogP contribution in [0.15, 0.2) is 18.2 Å². The Morgan fingerprint density at radius 3 is 1.71 bits per heavy atom. The van der Waals surface area contributed by atoms with Gasteiger partial charge in [0.05, 0.1) is 0 Å². The van der Waals surface area contributed by atoms with Gasteiger partial charge in [0, 0.05) is 0 Å². The van der Waals surface area contributed by atoms with Crippen molar-refractivity contribution in [2.75, 3.05) is 0 Å². The minimum absolute atomic E-state index is 0. The topological polar surface area (TPSA) is 23.1 Å². The Morgan fingerprint density at radius 1 is 0.882 bits per heavy atom. The van der Waals surface area contributed by atoms with Crippen molar-refractivity contribution >= 4 is 0 Å². The molecule has 1 aromatic carbocycles. The molecule has 17 heavy (non-hydrogen) atoms. The van der Waals surface area contributed by atoms with Gasteiger partial charge in [-0.05, 0) is 16.4 Å². The van der Waals surface area contributed by atoms with Gasteiger partial charge in [0.2, 0.25) is 0 Å². The molecule has 0 unspecified atom stereocenters. The number of benzene rings is 1. The van der Waals surface area contributed by atoms with E-state index in [1.54, 1.807) is 6.07 Å². The van der Waals surface area contributed by atoms with Crippen LogP contribution < -0.4 is 17.5 Å². The third-order valence-corrected chi connectivity index (χ3v) is 2.65. The third-order valence-electron chi connectivity index (χ3n) is 2.65. The molecule has 0 radical (unpaired) electrons. The van der Waals surface area contributed by atoms with Gasteiger partial charge < -0.3 is 17.5 Å². The average molecular weight is 332 g/mol. The SMILES string of the molecule is CC(C)(C)c1ccc([O-])c(C(C)(C)C)c1.[Cl-].[Zr+2]. The summed E-state index contributed by atoms with van der Waals surface area (Å²) in [5.74, 6) is 0.149. The van der Waals surface area contributed by atoms with Gasteiger partial charge in [-0.15, -0.1) is 5.75 Å². The largest absolute Gasteiger partial charge is 2.00 e. The number of hydrogen-bond acceptors (Lipinski definition) is 1. The molecule has 1 rings (SSSR count). The summed E-state index contributed by atoms with van der Waals surface area (Å²) in [5, 5.41) is 11.7. The predicted molar refractivity (Wildman–Crippen MR) is 63.3 cm³/mol. The maximum absolute atomic E-state index is 11.7. The summed E-state index contributed by atoms with van der Waals surface area (Å²) in [4.78, 5) is 0. The number of halogens is 1. The van der Waals surface area contributed by atoms with Crippen molar-refractivity contribution in [1.29, 1.82) is 0 Å². The van der Waals surface area contributed by atoms with Gasteiger partial charge in [-0.2, -0.15) is 0 Å². The van der Waals surface area contributed by atoms with Crippen molar-refractivity contribution in [3.8, 4) is 5.75 Å². The first kappa shape index (κ1) is 19.5. The van der Waals surface area contributed by atoms with Gasteiger partial charge in [-0.3, -0.25) is 0 Å². The van der Waals surface area contributed by atoms with E-state index in [1.165, 1.54) is 5.56 Å². The van der Waals surface area contributed by atoms with Crippen molar-refractivity contribution in [2.24, 2.45) is 0 Å². The van der Waals surface area contributed by atoms with E-state index in [0.717, 1.165) is 5.56 Å². The quantitative estimate of drug-likeness (QED) is 0.673. The summed E-state index contributed by atoms with van der Waals surface area (Å²) in [6.45, 7) is 12.7. The smallest absolute Gasteiger partial charge is 1.00 e. The molecule has 0 atom stereocenters. The molecular formula is C14H21ClOZr. The molecule has 0 saturated heterocycles. The van der Waals surface area contributed by atoms with Crippen molar-refractivity contribution in [3.05, 3.63) is 29.3 Å². The zero-order valence-corrected chi connectivity index (χ0v) is 14.7. The Hall–Kier alpha value is 0.193. The molecule has 1 aromatic rings. The Balaban J connectivity index is 0. The molecule has 94 valence electrons. The number of rotatable bonds is 0. The molecular weight excluding hydrogens is 311 g/mol. The maximum atomic E-state index is 11.7. The van der Waals surface area contributed by atoms with E-state index in [4.69, 9.17) is 0 Å². The Morgan fingerprint density at radius 2 is 1.35 bits per heavy atom. The normalized spacial score (nSPS) is 11.4. The van der Waals surface area contributed by atoms with Gasteiger partial charge >= 0.3 is 26.2 Å². The van der Waals surface area contributed by atoms with Crippen LogP contribution in [0.3, 0.4) is 0 Å². The molecule has 0 aliphatic heterocycles. The second-order valence-corrected chi connectivity index (χ2v) is 6.21. The van der Waals surface area contributed by atoms with Gasteiger partial charge in [-0.25, -0.2) is 0 Å². The zero-order valence-electron chi connectivity index (χ0n) is 11.5. The van der Waals surface area contributed by atoms with Crippen LogP contribution in [0.4, 0.5) is 0 Å². The molecule has 0 fully saturated rings. The molecule has 0 N–H and O–H groups in total. The Kier molecular flexibility index (Phi) is 7.34. The first-order chi connectivity index (χ1) is 6.62. The average Bonchev–Trinajstić information content (AvgIpc) is 2.00. The molecule has 0 amide bonds. The molecule has 0 bridgehead atoms. The molecule has 0 aliphatic rings. The first-order valence-corrected chi connectivity index (χ1v) is 5.44. The van der Waals surface area contributed by atoms with Crippen LogP contribution in [-0.4, -0.2) is 0 Å². The van der Waals surface area contributed by atoms with E-state index in [1.807, 2.05) is 6.07 Å². The molecule has 0 saturated carbocycles. The van der Waals surface area contributed by atoms with Crippen LogP contribution in [0.2, 0.25) is 0 Å². The summed E-state index contributed by atoms with van der Waals surface area (Å²) >= 11 is 0. The van der Waals surface area contributed by atoms with Crippen LogP contribution in [0.1, 0.15) is 52.7 Å². The van der Waals surface area contributed by atoms with E-state index in [2.05, 4.69) is 47.6 Å². The van der Waals surface area contributed by atoms with Crippen LogP contribution in [0.5, 0.6) is 5.75 Å². The molecule has 0 spiro atoms. The summed E-state index contributed by atoms with van der Waals surface area (Å²) < 4.78 is 0. The second-order valence-electron chi connectivity index (χ2n) is 6.21. The van der Waals surface area contributed by atoms with E-state index in [9.17, 15) is 5.11 Å². The summed E-state index contributed by atoms with van der Waals surface area (Å²) in [6, 6.07) is 5.70. The molecule has 0 aliphatic carbocycles. The molecule has 1 nitrogen and oxygen atoms in total. The minimum Gasteiger partial charge on any atom is -1.00 e. The monoisotopic (exact) mass is 330 g/mol. The molecule has 0 aromatic heterocycles. The zero-order chi connectivity index (χ0) is 11.9. The summed E-state index contributed by atoms with van der Waals surface area (Å²) in [7, 11) is 0. The number of hydrogen-bond donors (Lipinski definition) is 0. The standard InChI is InChI=1S/C14H22O.ClH.Zr/c1-13(2,3)10-7-8-12(15)11(9-10)14(4,5)6;;/h7-9,15H,1-6H3;1H;/q;;+2/p-2. The van der Waals surface area contributed by atoms with E-state index >= 15 is 0 Å². The van der Waals surface area contributed by atoms with Gasteiger partial charge in [0.1, 0.15) is 0 Å². The van der Waals surface area contributed by atoms with E-state index < -0.39 is 0 Å². The molecule has 3 heteroatoms. The fourth-order valence-corrected chi connectivity index (χ4v) is 1.58. The fourth-order valence-electron chi connectivity index (χ4n) is 1.58. The second kappa shape index (κ2) is 6.39. The van der Waals surface area contributed by atoms with Gasteiger partial charge in [0.15, 0.2) is 0 Å². The first-order valence-electron chi connectivity index (χ1n) is 5.44. The molecule has 0 heterocycles. The summed E-state index contributed by atoms with van der Waals surface area (Å²) in [5.41, 5.74) is 2.17. The van der Waals surface area contributed by atoms with Crippen LogP contribution in [0.25, 0.3) is 0 Å². The van der Waals surface area contributed by atoms with Crippen LogP contribution in [0, 0.1) is 0 Å². The van der Waals surface area contributed by atoms with Crippen molar-refractivity contribution in [3.63, 3.8) is 0 Å². The predicted octanol–water partition coefficient (Wildman–Crippen LogP) is 0.357. The van der Waals surface area contributed by atoms with Crippen LogP contribution >= 0.6 is 0 Å². The van der Waals surface area contributed by atoms with Crippen molar-refractivity contribution < 1.29 is 43.7 Å². The summed E-state index contributed by atoms with van der Waals surface area (Å²) in [6.07, 6.45) is 0. The van der Waals surface area contributed by atoms with Gasteiger partial charge in [0.25, 0.3) is 0 Å². The Labute approximate surface area is 131 Å². The van der Waals surface area contributed by atoms with Crippen LogP contribution in [-0.2, 0) is 37.0 Å². The third kappa shape index (κ3) is 5.14. The minimum atomic E-state index is -0.0711. The van der Waals surface area contributed by atoms with Crippen molar-refractivity contribution in [2.45, 2.75) is 52.4 Å². The van der Waals surface area contributed by atoms with E-state index in [-0.39, 0.29) is 55.2 Å². The fraction of sp³-hybridized carbons (Fsp3) is 0.571.